The van der Waals surface area contributed by atoms with Gasteiger partial charge in [0.2, 0.25) is 0 Å². The first-order valence-electron chi connectivity index (χ1n) is 4.47. The Morgan fingerprint density at radius 3 is 2.82 bits per heavy atom. The topological polar surface area (TPSA) is 9.23 Å². The van der Waals surface area contributed by atoms with E-state index in [4.69, 9.17) is 4.74 Å². The first kappa shape index (κ1) is 9.74. The van der Waals surface area contributed by atoms with Gasteiger partial charge >= 0.3 is 0 Å². The molecule has 1 nitrogen and oxygen atoms in total. The quantitative estimate of drug-likeness (QED) is 0.533. The van der Waals surface area contributed by atoms with E-state index in [2.05, 4.69) is 15.9 Å². The van der Waals surface area contributed by atoms with Crippen molar-refractivity contribution in [3.05, 3.63) is 0 Å². The van der Waals surface area contributed by atoms with Crippen LogP contribution >= 0.6 is 15.9 Å². The summed E-state index contributed by atoms with van der Waals surface area (Å²) in [7, 11) is 1.20. The van der Waals surface area contributed by atoms with Gasteiger partial charge in [-0.3, -0.25) is 0 Å². The summed E-state index contributed by atoms with van der Waals surface area (Å²) in [6.45, 7) is 1.01. The average Bonchev–Trinajstić information content (AvgIpc) is 2.03. The van der Waals surface area contributed by atoms with Crippen LogP contribution in [-0.4, -0.2) is 27.4 Å². The second-order valence-corrected chi connectivity index (χ2v) is 6.16. The van der Waals surface area contributed by atoms with Gasteiger partial charge < -0.3 is 4.74 Å². The van der Waals surface area contributed by atoms with Gasteiger partial charge in [0.1, 0.15) is 0 Å². The predicted molar refractivity (Wildman–Crippen MR) is 55.5 cm³/mol. The molecule has 0 spiro atoms. The van der Waals surface area contributed by atoms with E-state index < -0.39 is 0 Å². The SMILES string of the molecule is [SiH3]C1(CCCBr)CCCCO1. The summed E-state index contributed by atoms with van der Waals surface area (Å²) in [6, 6.07) is 0. The van der Waals surface area contributed by atoms with Gasteiger partial charge in [0.15, 0.2) is 0 Å². The Morgan fingerprint density at radius 1 is 1.45 bits per heavy atom. The summed E-state index contributed by atoms with van der Waals surface area (Å²) in [5.74, 6) is 0. The number of halogens is 1. The summed E-state index contributed by atoms with van der Waals surface area (Å²) >= 11 is 3.46. The van der Waals surface area contributed by atoms with Crippen molar-refractivity contribution in [1.82, 2.24) is 0 Å². The van der Waals surface area contributed by atoms with Crippen molar-refractivity contribution in [1.29, 1.82) is 0 Å². The minimum atomic E-state index is 0.339. The van der Waals surface area contributed by atoms with Crippen LogP contribution in [0.2, 0.25) is 0 Å². The maximum Gasteiger partial charge on any atom is 0.0486 e. The van der Waals surface area contributed by atoms with Crippen molar-refractivity contribution in [2.45, 2.75) is 37.3 Å². The van der Waals surface area contributed by atoms with Crippen LogP contribution in [-0.2, 0) is 4.74 Å². The van der Waals surface area contributed by atoms with Crippen LogP contribution in [0.4, 0.5) is 0 Å². The third-order valence-electron chi connectivity index (χ3n) is 2.39. The second-order valence-electron chi connectivity index (χ2n) is 3.55. The number of alkyl halides is 1. The van der Waals surface area contributed by atoms with E-state index in [1.807, 2.05) is 0 Å². The first-order valence-corrected chi connectivity index (χ1v) is 6.59. The van der Waals surface area contributed by atoms with Gasteiger partial charge in [-0.05, 0) is 32.1 Å². The standard InChI is InChI=1S/C8H17BrOSi/c9-6-3-5-8(11)4-1-2-7-10-8/h1-7H2,11H3. The molecule has 1 fully saturated rings. The highest BCUT2D eigenvalue weighted by molar-refractivity contribution is 9.09. The predicted octanol–water partition coefficient (Wildman–Crippen LogP) is 1.42. The second kappa shape index (κ2) is 4.63. The minimum Gasteiger partial charge on any atom is -0.380 e. The third kappa shape index (κ3) is 3.26. The zero-order valence-corrected chi connectivity index (χ0v) is 10.8. The molecular formula is C8H17BrOSi. The van der Waals surface area contributed by atoms with E-state index in [1.165, 1.54) is 42.3 Å². The summed E-state index contributed by atoms with van der Waals surface area (Å²) in [5.41, 5.74) is 0. The van der Waals surface area contributed by atoms with E-state index in [1.54, 1.807) is 0 Å². The van der Waals surface area contributed by atoms with Crippen LogP contribution < -0.4 is 0 Å². The van der Waals surface area contributed by atoms with E-state index in [9.17, 15) is 0 Å². The lowest BCUT2D eigenvalue weighted by Crippen LogP contribution is -2.36. The molecule has 0 amide bonds. The number of ether oxygens (including phenoxy) is 1. The van der Waals surface area contributed by atoms with Crippen LogP contribution in [0.25, 0.3) is 0 Å². The monoisotopic (exact) mass is 236 g/mol. The van der Waals surface area contributed by atoms with E-state index >= 15 is 0 Å². The lowest BCUT2D eigenvalue weighted by molar-refractivity contribution is -0.0227. The molecule has 66 valence electrons. The Kier molecular flexibility index (Phi) is 4.10. The molecule has 3 heteroatoms. The third-order valence-corrected chi connectivity index (χ3v) is 4.24. The van der Waals surface area contributed by atoms with Gasteiger partial charge in [0, 0.05) is 27.4 Å². The van der Waals surface area contributed by atoms with Crippen LogP contribution in [0.5, 0.6) is 0 Å². The van der Waals surface area contributed by atoms with Crippen molar-refractivity contribution in [2.75, 3.05) is 11.9 Å². The number of hydrogen-bond donors (Lipinski definition) is 0. The molecule has 0 aromatic rings. The zero-order chi connectivity index (χ0) is 8.16. The van der Waals surface area contributed by atoms with Crippen molar-refractivity contribution < 1.29 is 4.74 Å². The highest BCUT2D eigenvalue weighted by atomic mass is 79.9. The van der Waals surface area contributed by atoms with Gasteiger partial charge in [-0.1, -0.05) is 15.9 Å². The summed E-state index contributed by atoms with van der Waals surface area (Å²) in [6.07, 6.45) is 6.50. The first-order chi connectivity index (χ1) is 5.27. The molecule has 1 unspecified atom stereocenters. The fourth-order valence-corrected chi connectivity index (χ4v) is 2.82. The molecule has 0 aliphatic carbocycles. The molecule has 1 heterocycles. The normalized spacial score (nSPS) is 32.5. The van der Waals surface area contributed by atoms with Gasteiger partial charge in [-0.25, -0.2) is 0 Å². The Bertz CT molecular complexity index is 113. The molecule has 0 bridgehead atoms. The summed E-state index contributed by atoms with van der Waals surface area (Å²) in [4.78, 5) is 0. The van der Waals surface area contributed by atoms with E-state index in [0.29, 0.717) is 5.22 Å². The van der Waals surface area contributed by atoms with E-state index in [0.717, 1.165) is 11.9 Å². The van der Waals surface area contributed by atoms with Crippen LogP contribution in [0.3, 0.4) is 0 Å². The Labute approximate surface area is 80.4 Å². The van der Waals surface area contributed by atoms with Crippen LogP contribution in [0.1, 0.15) is 32.1 Å². The molecule has 0 aromatic carbocycles. The Morgan fingerprint density at radius 2 is 2.27 bits per heavy atom. The summed E-state index contributed by atoms with van der Waals surface area (Å²) in [5, 5.41) is 1.46. The summed E-state index contributed by atoms with van der Waals surface area (Å²) < 4.78 is 5.81. The van der Waals surface area contributed by atoms with Crippen molar-refractivity contribution >= 4 is 26.2 Å². The molecule has 0 radical (unpaired) electrons. The van der Waals surface area contributed by atoms with Crippen LogP contribution in [0, 0.1) is 0 Å². The highest BCUT2D eigenvalue weighted by Crippen LogP contribution is 2.26. The molecule has 1 aliphatic heterocycles. The molecule has 0 aromatic heterocycles. The molecule has 1 aliphatic rings. The molecule has 0 saturated carbocycles. The molecule has 11 heavy (non-hydrogen) atoms. The molecule has 1 rings (SSSR count). The Hall–Kier alpha value is 0.657. The van der Waals surface area contributed by atoms with Gasteiger partial charge in [0.05, 0.1) is 0 Å². The minimum absolute atomic E-state index is 0.339. The van der Waals surface area contributed by atoms with Crippen molar-refractivity contribution in [3.63, 3.8) is 0 Å². The fraction of sp³-hybridized carbons (Fsp3) is 1.00. The van der Waals surface area contributed by atoms with Gasteiger partial charge in [-0.15, -0.1) is 0 Å². The lowest BCUT2D eigenvalue weighted by Gasteiger charge is -2.34. The molecule has 1 saturated heterocycles. The van der Waals surface area contributed by atoms with E-state index in [-0.39, 0.29) is 0 Å². The maximum absolute atomic E-state index is 5.81. The van der Waals surface area contributed by atoms with Gasteiger partial charge in [0.25, 0.3) is 0 Å². The molecular weight excluding hydrogens is 220 g/mol. The Balaban J connectivity index is 2.25. The smallest absolute Gasteiger partial charge is 0.0486 e. The number of hydrogen-bond acceptors (Lipinski definition) is 1. The largest absolute Gasteiger partial charge is 0.380 e. The van der Waals surface area contributed by atoms with Crippen molar-refractivity contribution in [3.8, 4) is 0 Å². The molecule has 0 N–H and O–H groups in total. The van der Waals surface area contributed by atoms with Gasteiger partial charge in [-0.2, -0.15) is 0 Å². The maximum atomic E-state index is 5.81. The zero-order valence-electron chi connectivity index (χ0n) is 7.24. The number of rotatable bonds is 3. The molecule has 1 atom stereocenters. The lowest BCUT2D eigenvalue weighted by atomic mass is 10.0. The fourth-order valence-electron chi connectivity index (χ4n) is 1.63. The van der Waals surface area contributed by atoms with Crippen LogP contribution in [0.15, 0.2) is 0 Å². The highest BCUT2D eigenvalue weighted by Gasteiger charge is 2.26. The average molecular weight is 237 g/mol. The van der Waals surface area contributed by atoms with Crippen molar-refractivity contribution in [2.24, 2.45) is 0 Å².